The summed E-state index contributed by atoms with van der Waals surface area (Å²) >= 11 is -5.68. The molecule has 16 heteroatoms. The van der Waals surface area contributed by atoms with Crippen LogP contribution in [0.1, 0.15) is 138 Å². The fourth-order valence-corrected chi connectivity index (χ4v) is 9.44. The van der Waals surface area contributed by atoms with E-state index in [0.717, 1.165) is 62.7 Å². The topological polar surface area (TPSA) is 218 Å². The van der Waals surface area contributed by atoms with Crippen molar-refractivity contribution < 1.29 is 67.5 Å². The molecule has 0 fully saturated rings. The first-order chi connectivity index (χ1) is 24.8. The number of rotatable bonds is 30. The van der Waals surface area contributed by atoms with E-state index in [2.05, 4.69) is 41.5 Å². The van der Waals surface area contributed by atoms with E-state index in [4.69, 9.17) is 23.4 Å². The van der Waals surface area contributed by atoms with Gasteiger partial charge in [0.15, 0.2) is 0 Å². The van der Waals surface area contributed by atoms with E-state index in [1.807, 2.05) is 0 Å². The molecule has 308 valence electrons. The molecule has 0 radical (unpaired) electrons. The van der Waals surface area contributed by atoms with E-state index in [9.17, 15) is 44.1 Å². The van der Waals surface area contributed by atoms with Crippen LogP contribution in [0.15, 0.2) is 0 Å². The second-order valence-corrected chi connectivity index (χ2v) is 21.3. The molecule has 0 heterocycles. The molecule has 3 N–H and O–H groups in total. The molecule has 0 aliphatic carbocycles. The van der Waals surface area contributed by atoms with E-state index in [-0.39, 0.29) is 19.8 Å². The molecular formula is C37H66O15Sn. The number of carbonyl (C=O) groups is 6. The van der Waals surface area contributed by atoms with Gasteiger partial charge in [0.2, 0.25) is 0 Å². The molecule has 0 aromatic rings. The predicted molar refractivity (Wildman–Crippen MR) is 195 cm³/mol. The molecule has 0 saturated carbocycles. The zero-order valence-electron chi connectivity index (χ0n) is 32.9. The monoisotopic (exact) mass is 870 g/mol. The number of carbonyl (C=O) groups excluding carboxylic acids is 6. The molecule has 0 rings (SSSR count). The first kappa shape index (κ1) is 50.5. The Morgan fingerprint density at radius 2 is 0.679 bits per heavy atom. The molecule has 0 amide bonds. The van der Waals surface area contributed by atoms with Gasteiger partial charge in [-0.05, 0) is 0 Å². The molecule has 3 unspecified atom stereocenters. The number of hydrogen-bond acceptors (Lipinski definition) is 15. The van der Waals surface area contributed by atoms with Crippen LogP contribution in [-0.4, -0.2) is 109 Å². The SMILES string of the molecule is CC(C)CCCCCOC(=O)C(O)CC(=O)[O][Sn]([CH3])([O]C(=O)CC(O)C(=O)OCCCCCC(C)C)[O]C(=O)CC(O)C(=O)OCCCCCC(C)C. The fourth-order valence-electron chi connectivity index (χ4n) is 4.83. The van der Waals surface area contributed by atoms with Gasteiger partial charge in [-0.25, -0.2) is 0 Å². The molecule has 0 saturated heterocycles. The van der Waals surface area contributed by atoms with Gasteiger partial charge in [-0.1, -0.05) is 41.5 Å². The van der Waals surface area contributed by atoms with Crippen LogP contribution in [0, 0.1) is 17.8 Å². The second kappa shape index (κ2) is 28.9. The maximum atomic E-state index is 12.8. The number of unbranched alkanes of at least 4 members (excludes halogenated alkanes) is 6. The van der Waals surface area contributed by atoms with Gasteiger partial charge < -0.3 is 0 Å². The quantitative estimate of drug-likeness (QED) is 0.0385. The van der Waals surface area contributed by atoms with Crippen LogP contribution >= 0.6 is 0 Å². The van der Waals surface area contributed by atoms with Crippen molar-refractivity contribution in [1.29, 1.82) is 0 Å². The molecule has 3 atom stereocenters. The van der Waals surface area contributed by atoms with Crippen LogP contribution in [0.3, 0.4) is 0 Å². The summed E-state index contributed by atoms with van der Waals surface area (Å²) in [5, 5.41) is 30.7. The Hall–Kier alpha value is -2.50. The Kier molecular flexibility index (Phi) is 27.5. The summed E-state index contributed by atoms with van der Waals surface area (Å²) in [5.41, 5.74) is 0. The number of ether oxygens (including phenoxy) is 3. The first-order valence-corrected chi connectivity index (χ1v) is 25.4. The van der Waals surface area contributed by atoms with E-state index in [1.54, 1.807) is 0 Å². The summed E-state index contributed by atoms with van der Waals surface area (Å²) in [5.74, 6) is -5.45. The van der Waals surface area contributed by atoms with Crippen molar-refractivity contribution in [2.75, 3.05) is 19.8 Å². The van der Waals surface area contributed by atoms with E-state index in [0.29, 0.717) is 37.0 Å². The Balaban J connectivity index is 5.32. The number of aliphatic hydroxyl groups is 3. The summed E-state index contributed by atoms with van der Waals surface area (Å²) in [7, 11) is 0. The Morgan fingerprint density at radius 3 is 0.906 bits per heavy atom. The summed E-state index contributed by atoms with van der Waals surface area (Å²) in [6.07, 6.45) is 1.36. The molecule has 0 bridgehead atoms. The Bertz CT molecular complexity index is 963. The molecule has 0 aliphatic rings. The molecule has 0 spiro atoms. The first-order valence-electron chi connectivity index (χ1n) is 19.0. The van der Waals surface area contributed by atoms with Gasteiger partial charge >= 0.3 is 280 Å². The van der Waals surface area contributed by atoms with E-state index in [1.165, 1.54) is 0 Å². The van der Waals surface area contributed by atoms with Gasteiger partial charge in [-0.15, -0.1) is 0 Å². The van der Waals surface area contributed by atoms with Crippen LogP contribution in [0.4, 0.5) is 0 Å². The predicted octanol–water partition coefficient (Wildman–Crippen LogP) is 4.72. The third kappa shape index (κ3) is 27.7. The zero-order chi connectivity index (χ0) is 40.4. The van der Waals surface area contributed by atoms with Crippen LogP contribution in [-0.2, 0) is 52.2 Å². The van der Waals surface area contributed by atoms with Gasteiger partial charge in [-0.3, -0.25) is 0 Å². The molecule has 53 heavy (non-hydrogen) atoms. The van der Waals surface area contributed by atoms with Crippen molar-refractivity contribution >= 4 is 55.4 Å². The van der Waals surface area contributed by atoms with Gasteiger partial charge in [0.05, 0.1) is 0 Å². The summed E-state index contributed by atoms with van der Waals surface area (Å²) in [4.78, 5) is 76.1. The number of esters is 3. The fraction of sp³-hybridized carbons (Fsp3) is 0.838. The number of aliphatic hydroxyl groups excluding tert-OH is 3. The Morgan fingerprint density at radius 1 is 0.434 bits per heavy atom. The standard InChI is InChI=1S/3C12H22O5.CH3.Sn/c3*1-9(2)6-4-3-5-7-17-12(16)10(13)8-11(14)15;;/h3*9-10,13H,3-8H2,1-2H3,(H,14,15);1H3;/q;;;;+3/p-3. The van der Waals surface area contributed by atoms with Crippen molar-refractivity contribution in [3.8, 4) is 0 Å². The minimum absolute atomic E-state index is 0.0288. The average Bonchev–Trinajstić information content (AvgIpc) is 3.04. The van der Waals surface area contributed by atoms with Gasteiger partial charge in [-0.2, -0.15) is 0 Å². The van der Waals surface area contributed by atoms with Crippen molar-refractivity contribution in [1.82, 2.24) is 0 Å². The van der Waals surface area contributed by atoms with Gasteiger partial charge in [0, 0.05) is 0 Å². The van der Waals surface area contributed by atoms with Crippen LogP contribution < -0.4 is 0 Å². The third-order valence-corrected chi connectivity index (χ3v) is 12.9. The molecule has 0 aromatic carbocycles. The minimum Gasteiger partial charge on any atom is -0.0628 e. The van der Waals surface area contributed by atoms with E-state index < -0.39 is 93.0 Å². The second-order valence-electron chi connectivity index (χ2n) is 14.7. The molecule has 15 nitrogen and oxygen atoms in total. The minimum atomic E-state index is -5.68. The zero-order valence-corrected chi connectivity index (χ0v) is 35.8. The van der Waals surface area contributed by atoms with Crippen molar-refractivity contribution in [2.45, 2.75) is 161 Å². The van der Waals surface area contributed by atoms with E-state index >= 15 is 0 Å². The van der Waals surface area contributed by atoms with Crippen LogP contribution in [0.5, 0.6) is 0 Å². The maximum absolute atomic E-state index is 12.8. The van der Waals surface area contributed by atoms with Crippen LogP contribution in [0.2, 0.25) is 4.94 Å². The smallest absolute Gasteiger partial charge is 0.0628 e. The van der Waals surface area contributed by atoms with Crippen molar-refractivity contribution in [2.24, 2.45) is 17.8 Å². The summed E-state index contributed by atoms with van der Waals surface area (Å²) < 4.78 is 30.7. The number of hydrogen-bond donors (Lipinski definition) is 3. The molecule has 0 aliphatic heterocycles. The van der Waals surface area contributed by atoms with Crippen molar-refractivity contribution in [3.63, 3.8) is 0 Å². The average molecular weight is 870 g/mol. The summed E-state index contributed by atoms with van der Waals surface area (Å²) in [6.45, 7) is 12.7. The van der Waals surface area contributed by atoms with Crippen molar-refractivity contribution in [3.05, 3.63) is 0 Å². The van der Waals surface area contributed by atoms with Gasteiger partial charge in [0.1, 0.15) is 0 Å². The van der Waals surface area contributed by atoms with Crippen LogP contribution in [0.25, 0.3) is 0 Å². The van der Waals surface area contributed by atoms with Gasteiger partial charge in [0.25, 0.3) is 0 Å². The normalized spacial score (nSPS) is 14.2. The molecular weight excluding hydrogens is 803 g/mol. The third-order valence-electron chi connectivity index (χ3n) is 7.80. The summed E-state index contributed by atoms with van der Waals surface area (Å²) in [6, 6.07) is 0. The molecule has 0 aromatic heterocycles. The Labute approximate surface area is 320 Å².